The molecule has 140 valence electrons. The largest absolute Gasteiger partial charge is 0.491 e. The summed E-state index contributed by atoms with van der Waals surface area (Å²) in [5.74, 6) is 0.565. The van der Waals surface area contributed by atoms with Crippen molar-refractivity contribution in [1.29, 1.82) is 0 Å². The number of nitrogens with one attached hydrogen (secondary N) is 1. The number of hydrogen-bond donors (Lipinski definition) is 1. The van der Waals surface area contributed by atoms with Crippen LogP contribution in [0.4, 0.5) is 0 Å². The SMILES string of the molecule is O=C(NC1CC1)C1CCCN1C(=O)c1cccc(OCC2CCCO2)c1. The van der Waals surface area contributed by atoms with E-state index in [1.807, 2.05) is 12.1 Å². The second-order valence-electron chi connectivity index (χ2n) is 7.41. The molecule has 0 aromatic heterocycles. The van der Waals surface area contributed by atoms with Gasteiger partial charge in [0.05, 0.1) is 6.10 Å². The van der Waals surface area contributed by atoms with Crippen molar-refractivity contribution in [3.8, 4) is 5.75 Å². The van der Waals surface area contributed by atoms with Crippen LogP contribution >= 0.6 is 0 Å². The molecule has 2 saturated heterocycles. The molecule has 0 bridgehead atoms. The van der Waals surface area contributed by atoms with E-state index in [2.05, 4.69) is 5.32 Å². The van der Waals surface area contributed by atoms with Gasteiger partial charge in [-0.3, -0.25) is 9.59 Å². The molecule has 2 amide bonds. The number of rotatable bonds is 6. The lowest BCUT2D eigenvalue weighted by molar-refractivity contribution is -0.125. The first-order valence-corrected chi connectivity index (χ1v) is 9.66. The van der Waals surface area contributed by atoms with Crippen LogP contribution in [0, 0.1) is 0 Å². The van der Waals surface area contributed by atoms with E-state index in [-0.39, 0.29) is 24.0 Å². The molecule has 2 atom stereocenters. The van der Waals surface area contributed by atoms with E-state index in [0.29, 0.717) is 30.5 Å². The molecule has 3 fully saturated rings. The quantitative estimate of drug-likeness (QED) is 0.846. The van der Waals surface area contributed by atoms with E-state index in [9.17, 15) is 9.59 Å². The molecular formula is C20H26N2O4. The third-order valence-corrected chi connectivity index (χ3v) is 5.28. The van der Waals surface area contributed by atoms with Crippen LogP contribution in [0.25, 0.3) is 0 Å². The highest BCUT2D eigenvalue weighted by Crippen LogP contribution is 2.25. The monoisotopic (exact) mass is 358 g/mol. The molecule has 6 heteroatoms. The topological polar surface area (TPSA) is 67.9 Å². The van der Waals surface area contributed by atoms with Gasteiger partial charge in [-0.1, -0.05) is 6.07 Å². The zero-order valence-electron chi connectivity index (χ0n) is 15.0. The Labute approximate surface area is 153 Å². The number of carbonyl (C=O) groups is 2. The number of carbonyl (C=O) groups excluding carboxylic acids is 2. The molecule has 1 aliphatic carbocycles. The second-order valence-corrected chi connectivity index (χ2v) is 7.41. The fourth-order valence-corrected chi connectivity index (χ4v) is 3.66. The van der Waals surface area contributed by atoms with Crippen LogP contribution in [-0.2, 0) is 9.53 Å². The van der Waals surface area contributed by atoms with Gasteiger partial charge in [-0.15, -0.1) is 0 Å². The van der Waals surface area contributed by atoms with Crippen molar-refractivity contribution in [2.24, 2.45) is 0 Å². The minimum Gasteiger partial charge on any atom is -0.491 e. The van der Waals surface area contributed by atoms with E-state index in [0.717, 1.165) is 45.1 Å². The standard InChI is InChI=1S/C20H26N2O4/c23-19(21-15-8-9-15)18-7-2-10-22(18)20(24)14-4-1-5-16(12-14)26-13-17-6-3-11-25-17/h1,4-5,12,15,17-18H,2-3,6-11,13H2,(H,21,23). The minimum absolute atomic E-state index is 0.0101. The first-order valence-electron chi connectivity index (χ1n) is 9.66. The first kappa shape index (κ1) is 17.3. The van der Waals surface area contributed by atoms with Crippen LogP contribution in [0.15, 0.2) is 24.3 Å². The van der Waals surface area contributed by atoms with Crippen molar-refractivity contribution in [3.63, 3.8) is 0 Å². The third kappa shape index (κ3) is 4.01. The molecule has 1 aromatic carbocycles. The maximum atomic E-state index is 12.9. The average molecular weight is 358 g/mol. The van der Waals surface area contributed by atoms with Gasteiger partial charge >= 0.3 is 0 Å². The van der Waals surface area contributed by atoms with Gasteiger partial charge < -0.3 is 19.7 Å². The lowest BCUT2D eigenvalue weighted by Gasteiger charge is -2.24. The zero-order valence-corrected chi connectivity index (χ0v) is 15.0. The molecule has 1 saturated carbocycles. The number of hydrogen-bond acceptors (Lipinski definition) is 4. The minimum atomic E-state index is -0.348. The Hall–Kier alpha value is -2.08. The maximum Gasteiger partial charge on any atom is 0.254 e. The van der Waals surface area contributed by atoms with Crippen LogP contribution in [0.3, 0.4) is 0 Å². The molecule has 4 rings (SSSR count). The average Bonchev–Trinajstić information content (AvgIpc) is 3.15. The molecule has 1 aromatic rings. The smallest absolute Gasteiger partial charge is 0.254 e. The van der Waals surface area contributed by atoms with Gasteiger partial charge in [0.1, 0.15) is 18.4 Å². The van der Waals surface area contributed by atoms with E-state index < -0.39 is 0 Å². The van der Waals surface area contributed by atoms with Crippen molar-refractivity contribution in [2.75, 3.05) is 19.8 Å². The van der Waals surface area contributed by atoms with Gasteiger partial charge in [0.25, 0.3) is 5.91 Å². The predicted molar refractivity (Wildman–Crippen MR) is 96.1 cm³/mol. The number of nitrogens with zero attached hydrogens (tertiary/aromatic N) is 1. The summed E-state index contributed by atoms with van der Waals surface area (Å²) in [6.07, 6.45) is 5.94. The van der Waals surface area contributed by atoms with Crippen LogP contribution in [0.5, 0.6) is 5.75 Å². The van der Waals surface area contributed by atoms with Crippen molar-refractivity contribution >= 4 is 11.8 Å². The summed E-state index contributed by atoms with van der Waals surface area (Å²) in [7, 11) is 0. The second kappa shape index (κ2) is 7.66. The van der Waals surface area contributed by atoms with Crippen LogP contribution in [0.1, 0.15) is 48.9 Å². The van der Waals surface area contributed by atoms with Crippen molar-refractivity contribution in [2.45, 2.75) is 56.7 Å². The maximum absolute atomic E-state index is 12.9. The highest BCUT2D eigenvalue weighted by Gasteiger charge is 2.36. The molecular weight excluding hydrogens is 332 g/mol. The Morgan fingerprint density at radius 3 is 2.85 bits per heavy atom. The highest BCUT2D eigenvalue weighted by atomic mass is 16.5. The molecule has 3 aliphatic rings. The van der Waals surface area contributed by atoms with Crippen LogP contribution in [-0.4, -0.2) is 54.7 Å². The number of benzene rings is 1. The fraction of sp³-hybridized carbons (Fsp3) is 0.600. The van der Waals surface area contributed by atoms with E-state index in [4.69, 9.17) is 9.47 Å². The normalized spacial score (nSPS) is 25.3. The van der Waals surface area contributed by atoms with Crippen molar-refractivity contribution < 1.29 is 19.1 Å². The number of likely N-dealkylation sites (tertiary alicyclic amines) is 1. The van der Waals surface area contributed by atoms with Crippen molar-refractivity contribution in [1.82, 2.24) is 10.2 Å². The van der Waals surface area contributed by atoms with Gasteiger partial charge in [0.2, 0.25) is 5.91 Å². The lowest BCUT2D eigenvalue weighted by atomic mass is 10.1. The van der Waals surface area contributed by atoms with Gasteiger partial charge in [-0.2, -0.15) is 0 Å². The van der Waals surface area contributed by atoms with Gasteiger partial charge in [0.15, 0.2) is 0 Å². The predicted octanol–water partition coefficient (Wildman–Crippen LogP) is 2.13. The Kier molecular flexibility index (Phi) is 5.11. The van der Waals surface area contributed by atoms with E-state index in [1.165, 1.54) is 0 Å². The first-order chi connectivity index (χ1) is 12.7. The molecule has 2 aliphatic heterocycles. The zero-order chi connectivity index (χ0) is 17.9. The van der Waals surface area contributed by atoms with E-state index in [1.54, 1.807) is 17.0 Å². The Balaban J connectivity index is 1.39. The van der Waals surface area contributed by atoms with E-state index >= 15 is 0 Å². The number of ether oxygens (including phenoxy) is 2. The molecule has 1 N–H and O–H groups in total. The third-order valence-electron chi connectivity index (χ3n) is 5.28. The van der Waals surface area contributed by atoms with Crippen molar-refractivity contribution in [3.05, 3.63) is 29.8 Å². The highest BCUT2D eigenvalue weighted by molar-refractivity contribution is 5.98. The summed E-state index contributed by atoms with van der Waals surface area (Å²) in [6, 6.07) is 7.20. The fourth-order valence-electron chi connectivity index (χ4n) is 3.66. The Morgan fingerprint density at radius 2 is 2.08 bits per heavy atom. The number of amides is 2. The van der Waals surface area contributed by atoms with Gasteiger partial charge in [-0.25, -0.2) is 0 Å². The summed E-state index contributed by atoms with van der Waals surface area (Å²) in [5.41, 5.74) is 0.570. The summed E-state index contributed by atoms with van der Waals surface area (Å²) in [6.45, 7) is 1.93. The molecule has 6 nitrogen and oxygen atoms in total. The molecule has 26 heavy (non-hydrogen) atoms. The van der Waals surface area contributed by atoms with Gasteiger partial charge in [-0.05, 0) is 56.7 Å². The molecule has 2 unspecified atom stereocenters. The Bertz CT molecular complexity index is 668. The van der Waals surface area contributed by atoms with Crippen LogP contribution in [0.2, 0.25) is 0 Å². The molecule has 0 radical (unpaired) electrons. The Morgan fingerprint density at radius 1 is 1.19 bits per heavy atom. The molecule has 2 heterocycles. The summed E-state index contributed by atoms with van der Waals surface area (Å²) in [5, 5.41) is 3.02. The van der Waals surface area contributed by atoms with Crippen LogP contribution < -0.4 is 10.1 Å². The summed E-state index contributed by atoms with van der Waals surface area (Å²) in [4.78, 5) is 27.1. The summed E-state index contributed by atoms with van der Waals surface area (Å²) >= 11 is 0. The summed E-state index contributed by atoms with van der Waals surface area (Å²) < 4.78 is 11.4. The van der Waals surface area contributed by atoms with Gasteiger partial charge in [0, 0.05) is 24.8 Å². The lowest BCUT2D eigenvalue weighted by Crippen LogP contribution is -2.46. The molecule has 0 spiro atoms.